The van der Waals surface area contributed by atoms with E-state index in [0.717, 1.165) is 31.2 Å². The Labute approximate surface area is 136 Å². The summed E-state index contributed by atoms with van der Waals surface area (Å²) in [6, 6.07) is 9.56. The molecule has 0 aliphatic carbocycles. The Morgan fingerprint density at radius 3 is 2.36 bits per heavy atom. The summed E-state index contributed by atoms with van der Waals surface area (Å²) >= 11 is 0. The van der Waals surface area contributed by atoms with E-state index in [1.54, 1.807) is 0 Å². The molecular weight excluding hydrogens is 288 g/mol. The second-order valence-corrected chi connectivity index (χ2v) is 11.3. The third kappa shape index (κ3) is 5.54. The lowest BCUT2D eigenvalue weighted by molar-refractivity contribution is 0.0321. The number of rotatable bonds is 10. The highest BCUT2D eigenvalue weighted by Gasteiger charge is 2.41. The van der Waals surface area contributed by atoms with E-state index >= 15 is 0 Å². The van der Waals surface area contributed by atoms with Gasteiger partial charge in [0.1, 0.15) is 5.60 Å². The molecule has 0 N–H and O–H groups in total. The lowest BCUT2D eigenvalue weighted by Gasteiger charge is -2.38. The standard InChI is InChI=1S/C19H30O2Si/c1-6-8-15-19(16-9-7-2,21-22(3,4)5)18(20)17-13-11-10-12-14-17/h6,10-14H,1,7-9,15-16H2,2-5H3. The minimum absolute atomic E-state index is 0.130. The van der Waals surface area contributed by atoms with Crippen LogP contribution in [0.1, 0.15) is 49.4 Å². The van der Waals surface area contributed by atoms with Crippen molar-refractivity contribution in [3.05, 3.63) is 48.6 Å². The quantitative estimate of drug-likeness (QED) is 0.318. The molecule has 0 aromatic heterocycles. The molecule has 1 rings (SSSR count). The molecule has 0 spiro atoms. The SMILES string of the molecule is C=CCCC(CCCC)(O[Si](C)(C)C)C(=O)c1ccccc1. The van der Waals surface area contributed by atoms with E-state index in [9.17, 15) is 4.79 Å². The van der Waals surface area contributed by atoms with Crippen LogP contribution < -0.4 is 0 Å². The molecule has 0 aliphatic rings. The Bertz CT molecular complexity index is 476. The zero-order valence-electron chi connectivity index (χ0n) is 14.5. The van der Waals surface area contributed by atoms with Crippen molar-refractivity contribution in [3.8, 4) is 0 Å². The number of hydrogen-bond acceptors (Lipinski definition) is 2. The van der Waals surface area contributed by atoms with Gasteiger partial charge < -0.3 is 4.43 Å². The summed E-state index contributed by atoms with van der Waals surface area (Å²) in [6.07, 6.45) is 6.25. The van der Waals surface area contributed by atoms with Crippen molar-refractivity contribution in [1.82, 2.24) is 0 Å². The average molecular weight is 319 g/mol. The van der Waals surface area contributed by atoms with Gasteiger partial charge in [-0.1, -0.05) is 56.2 Å². The predicted molar refractivity (Wildman–Crippen MR) is 96.9 cm³/mol. The molecule has 0 bridgehead atoms. The normalized spacial score (nSPS) is 14.4. The summed E-state index contributed by atoms with van der Waals surface area (Å²) in [7, 11) is -1.84. The zero-order valence-corrected chi connectivity index (χ0v) is 15.5. The Morgan fingerprint density at radius 1 is 1.23 bits per heavy atom. The first-order chi connectivity index (χ1) is 10.3. The van der Waals surface area contributed by atoms with Crippen LogP contribution in [0.5, 0.6) is 0 Å². The smallest absolute Gasteiger partial charge is 0.193 e. The molecule has 0 fully saturated rings. The summed E-state index contributed by atoms with van der Waals surface area (Å²) < 4.78 is 6.49. The Morgan fingerprint density at radius 2 is 1.86 bits per heavy atom. The van der Waals surface area contributed by atoms with E-state index < -0.39 is 13.9 Å². The van der Waals surface area contributed by atoms with Gasteiger partial charge in [-0.2, -0.15) is 0 Å². The first-order valence-corrected chi connectivity index (χ1v) is 11.7. The number of ketones is 1. The lowest BCUT2D eigenvalue weighted by Crippen LogP contribution is -2.48. The highest BCUT2D eigenvalue weighted by Crippen LogP contribution is 2.33. The van der Waals surface area contributed by atoms with Gasteiger partial charge in [-0.05, 0) is 38.9 Å². The van der Waals surface area contributed by atoms with Crippen molar-refractivity contribution in [2.75, 3.05) is 0 Å². The molecule has 2 nitrogen and oxygen atoms in total. The molecule has 0 saturated carbocycles. The molecule has 3 heteroatoms. The number of benzene rings is 1. The molecular formula is C19H30O2Si. The van der Waals surface area contributed by atoms with E-state index in [2.05, 4.69) is 33.1 Å². The molecule has 0 aliphatic heterocycles. The van der Waals surface area contributed by atoms with Crippen molar-refractivity contribution < 1.29 is 9.22 Å². The fraction of sp³-hybridized carbons (Fsp3) is 0.526. The van der Waals surface area contributed by atoms with Crippen LogP contribution in [-0.4, -0.2) is 19.7 Å². The van der Waals surface area contributed by atoms with Gasteiger partial charge in [-0.15, -0.1) is 6.58 Å². The zero-order chi connectivity index (χ0) is 16.6. The van der Waals surface area contributed by atoms with E-state index in [0.29, 0.717) is 6.42 Å². The van der Waals surface area contributed by atoms with Gasteiger partial charge >= 0.3 is 0 Å². The molecule has 0 saturated heterocycles. The van der Waals surface area contributed by atoms with Crippen molar-refractivity contribution in [1.29, 1.82) is 0 Å². The van der Waals surface area contributed by atoms with E-state index in [1.165, 1.54) is 0 Å². The molecule has 1 aromatic rings. The maximum atomic E-state index is 13.2. The van der Waals surface area contributed by atoms with Crippen LogP contribution in [-0.2, 0) is 4.43 Å². The van der Waals surface area contributed by atoms with Crippen LogP contribution in [0.4, 0.5) is 0 Å². The minimum Gasteiger partial charge on any atom is -0.405 e. The lowest BCUT2D eigenvalue weighted by atomic mass is 9.84. The second-order valence-electron chi connectivity index (χ2n) is 6.83. The number of unbranched alkanes of at least 4 members (excludes halogenated alkanes) is 1. The van der Waals surface area contributed by atoms with Gasteiger partial charge in [0.05, 0.1) is 0 Å². The molecule has 122 valence electrons. The Hall–Kier alpha value is -1.19. The molecule has 0 heterocycles. The van der Waals surface area contributed by atoms with Gasteiger partial charge in [0, 0.05) is 5.56 Å². The van der Waals surface area contributed by atoms with Crippen LogP contribution >= 0.6 is 0 Å². The topological polar surface area (TPSA) is 26.3 Å². The van der Waals surface area contributed by atoms with Crippen LogP contribution in [0, 0.1) is 0 Å². The van der Waals surface area contributed by atoms with Crippen LogP contribution in [0.3, 0.4) is 0 Å². The number of carbonyl (C=O) groups is 1. The van der Waals surface area contributed by atoms with Crippen molar-refractivity contribution in [3.63, 3.8) is 0 Å². The summed E-state index contributed by atoms with van der Waals surface area (Å²) in [6.45, 7) is 12.4. The van der Waals surface area contributed by atoms with Gasteiger partial charge in [-0.25, -0.2) is 0 Å². The molecule has 1 aromatic carbocycles. The van der Waals surface area contributed by atoms with E-state index in [1.807, 2.05) is 36.4 Å². The fourth-order valence-electron chi connectivity index (χ4n) is 2.74. The van der Waals surface area contributed by atoms with Crippen LogP contribution in [0.15, 0.2) is 43.0 Å². The Kier molecular flexibility index (Phi) is 7.24. The van der Waals surface area contributed by atoms with Crippen molar-refractivity contribution in [2.45, 2.75) is 64.3 Å². The summed E-state index contributed by atoms with van der Waals surface area (Å²) in [5.74, 6) is 0.130. The van der Waals surface area contributed by atoms with E-state index in [4.69, 9.17) is 4.43 Å². The number of hydrogen-bond donors (Lipinski definition) is 0. The van der Waals surface area contributed by atoms with Gasteiger partial charge in [0.25, 0.3) is 0 Å². The first kappa shape index (κ1) is 18.9. The highest BCUT2D eigenvalue weighted by molar-refractivity contribution is 6.70. The average Bonchev–Trinajstić information content (AvgIpc) is 2.49. The predicted octanol–water partition coefficient (Wildman–Crippen LogP) is 5.62. The molecule has 1 unspecified atom stereocenters. The van der Waals surface area contributed by atoms with Gasteiger partial charge in [0.2, 0.25) is 0 Å². The summed E-state index contributed by atoms with van der Waals surface area (Å²) in [5, 5.41) is 0. The minimum atomic E-state index is -1.84. The largest absolute Gasteiger partial charge is 0.405 e. The molecule has 22 heavy (non-hydrogen) atoms. The van der Waals surface area contributed by atoms with Crippen LogP contribution in [0.2, 0.25) is 19.6 Å². The van der Waals surface area contributed by atoms with Crippen molar-refractivity contribution in [2.24, 2.45) is 0 Å². The van der Waals surface area contributed by atoms with Gasteiger partial charge in [-0.3, -0.25) is 4.79 Å². The molecule has 0 radical (unpaired) electrons. The summed E-state index contributed by atoms with van der Waals surface area (Å²) in [5.41, 5.74) is 0.0525. The molecule has 0 amide bonds. The Balaban J connectivity index is 3.19. The third-order valence-corrected chi connectivity index (χ3v) is 4.64. The van der Waals surface area contributed by atoms with Crippen molar-refractivity contribution >= 4 is 14.1 Å². The number of carbonyl (C=O) groups excluding carboxylic acids is 1. The second kappa shape index (κ2) is 8.44. The molecule has 1 atom stereocenters. The highest BCUT2D eigenvalue weighted by atomic mass is 28.4. The maximum Gasteiger partial charge on any atom is 0.193 e. The fourth-order valence-corrected chi connectivity index (χ4v) is 4.21. The number of Topliss-reactive ketones (excluding diaryl/α,β-unsaturated/α-hetero) is 1. The summed E-state index contributed by atoms with van der Waals surface area (Å²) in [4.78, 5) is 13.2. The monoisotopic (exact) mass is 318 g/mol. The van der Waals surface area contributed by atoms with Gasteiger partial charge in [0.15, 0.2) is 14.1 Å². The van der Waals surface area contributed by atoms with E-state index in [-0.39, 0.29) is 5.78 Å². The third-order valence-electron chi connectivity index (χ3n) is 3.64. The van der Waals surface area contributed by atoms with Crippen LogP contribution in [0.25, 0.3) is 0 Å². The number of allylic oxidation sites excluding steroid dienone is 1. The maximum absolute atomic E-state index is 13.2. The first-order valence-electron chi connectivity index (χ1n) is 8.25.